The number of nitro groups is 1. The number of hydrogen-bond acceptors (Lipinski definition) is 6. The molecular formula is C17H16N4O5S. The lowest BCUT2D eigenvalue weighted by Gasteiger charge is -2.05. The molecule has 0 aliphatic carbocycles. The van der Waals surface area contributed by atoms with E-state index in [2.05, 4.69) is 15.0 Å². The van der Waals surface area contributed by atoms with Crippen LogP contribution in [0.25, 0.3) is 0 Å². The predicted molar refractivity (Wildman–Crippen MR) is 98.3 cm³/mol. The summed E-state index contributed by atoms with van der Waals surface area (Å²) in [6.45, 7) is 1.91. The van der Waals surface area contributed by atoms with Gasteiger partial charge in [-0.15, -0.1) is 0 Å². The molecule has 1 amide bonds. The summed E-state index contributed by atoms with van der Waals surface area (Å²) >= 11 is 0. The molecule has 0 atom stereocenters. The van der Waals surface area contributed by atoms with Crippen LogP contribution in [0, 0.1) is 17.0 Å². The molecule has 0 saturated carbocycles. The molecule has 0 bridgehead atoms. The quantitative estimate of drug-likeness (QED) is 0.454. The molecule has 3 rings (SSSR count). The number of carbonyl (C=O) groups excluding carboxylic acids is 1. The van der Waals surface area contributed by atoms with Crippen LogP contribution in [0.5, 0.6) is 0 Å². The largest absolute Gasteiger partial charge is 0.350 e. The third kappa shape index (κ3) is 3.80. The van der Waals surface area contributed by atoms with E-state index in [-0.39, 0.29) is 35.4 Å². The fourth-order valence-corrected chi connectivity index (χ4v) is 3.94. The number of carbonyl (C=O) groups is 1. The van der Waals surface area contributed by atoms with E-state index in [9.17, 15) is 23.3 Å². The summed E-state index contributed by atoms with van der Waals surface area (Å²) in [6, 6.07) is 10.6. The maximum absolute atomic E-state index is 12.1. The van der Waals surface area contributed by atoms with E-state index in [1.165, 1.54) is 24.3 Å². The Kier molecular flexibility index (Phi) is 4.91. The Hall–Kier alpha value is -3.27. The van der Waals surface area contributed by atoms with Crippen molar-refractivity contribution in [1.82, 2.24) is 10.0 Å². The van der Waals surface area contributed by atoms with E-state index in [4.69, 9.17) is 0 Å². The maximum atomic E-state index is 12.1. The number of nitrogens with zero attached hydrogens (tertiary/aromatic N) is 2. The first-order chi connectivity index (χ1) is 12.8. The Morgan fingerprint density at radius 3 is 2.70 bits per heavy atom. The molecule has 0 aromatic heterocycles. The van der Waals surface area contributed by atoms with Crippen LogP contribution < -0.4 is 10.0 Å². The van der Waals surface area contributed by atoms with Crippen LogP contribution in [0.4, 0.5) is 5.69 Å². The number of nitro benzene ring substituents is 1. The zero-order valence-electron chi connectivity index (χ0n) is 14.3. The second kappa shape index (κ2) is 7.16. The molecule has 9 nitrogen and oxygen atoms in total. The number of amidine groups is 1. The third-order valence-corrected chi connectivity index (χ3v) is 5.38. The average Bonchev–Trinajstić information content (AvgIpc) is 2.89. The molecule has 1 aliphatic rings. The zero-order valence-corrected chi connectivity index (χ0v) is 15.1. The summed E-state index contributed by atoms with van der Waals surface area (Å²) in [5, 5.41) is 13.5. The number of amides is 1. The molecule has 140 valence electrons. The van der Waals surface area contributed by atoms with Gasteiger partial charge in [-0.1, -0.05) is 12.1 Å². The fraction of sp³-hybridized carbons (Fsp3) is 0.176. The molecular weight excluding hydrogens is 372 g/mol. The second-order valence-electron chi connectivity index (χ2n) is 5.85. The first kappa shape index (κ1) is 18.5. The fourth-order valence-electron chi connectivity index (χ4n) is 2.69. The Balaban J connectivity index is 1.63. The van der Waals surface area contributed by atoms with Gasteiger partial charge in [0.1, 0.15) is 5.84 Å². The first-order valence-corrected chi connectivity index (χ1v) is 9.48. The number of fused-ring (bicyclic) bond motifs is 1. The number of aliphatic imine (C=N–C) groups is 1. The molecule has 0 saturated heterocycles. The molecule has 0 spiro atoms. The summed E-state index contributed by atoms with van der Waals surface area (Å²) in [6.07, 6.45) is 0. The SMILES string of the molecule is Cc1cc(C(=O)NCCN=C2NS(=O)(=O)c3ccccc32)ccc1[N+](=O)[O-]. The van der Waals surface area contributed by atoms with Gasteiger partial charge in [0.15, 0.2) is 0 Å². The van der Waals surface area contributed by atoms with Crippen LogP contribution in [0.3, 0.4) is 0 Å². The van der Waals surface area contributed by atoms with Crippen LogP contribution in [-0.2, 0) is 10.0 Å². The molecule has 2 aromatic carbocycles. The molecule has 0 fully saturated rings. The lowest BCUT2D eigenvalue weighted by Crippen LogP contribution is -2.28. The number of hydrogen-bond donors (Lipinski definition) is 2. The van der Waals surface area contributed by atoms with Crippen LogP contribution in [-0.4, -0.2) is 38.2 Å². The molecule has 2 N–H and O–H groups in total. The minimum Gasteiger partial charge on any atom is -0.350 e. The van der Waals surface area contributed by atoms with Gasteiger partial charge in [-0.3, -0.25) is 24.6 Å². The zero-order chi connectivity index (χ0) is 19.6. The summed E-state index contributed by atoms with van der Waals surface area (Å²) in [7, 11) is -3.59. The number of aryl methyl sites for hydroxylation is 1. The number of rotatable bonds is 5. The van der Waals surface area contributed by atoms with Crippen molar-refractivity contribution in [3.8, 4) is 0 Å². The van der Waals surface area contributed by atoms with Gasteiger partial charge in [0.05, 0.1) is 16.4 Å². The van der Waals surface area contributed by atoms with E-state index in [1.807, 2.05) is 0 Å². The van der Waals surface area contributed by atoms with E-state index in [1.54, 1.807) is 25.1 Å². The summed E-state index contributed by atoms with van der Waals surface area (Å²) in [4.78, 5) is 26.8. The highest BCUT2D eigenvalue weighted by Crippen LogP contribution is 2.22. The van der Waals surface area contributed by atoms with Gasteiger partial charge in [-0.25, -0.2) is 8.42 Å². The number of nitrogens with one attached hydrogen (secondary N) is 2. The van der Waals surface area contributed by atoms with Crippen molar-refractivity contribution in [2.75, 3.05) is 13.1 Å². The van der Waals surface area contributed by atoms with E-state index >= 15 is 0 Å². The maximum Gasteiger partial charge on any atom is 0.272 e. The normalized spacial score (nSPS) is 15.8. The van der Waals surface area contributed by atoms with Crippen LogP contribution in [0.1, 0.15) is 21.5 Å². The van der Waals surface area contributed by atoms with Gasteiger partial charge in [0, 0.05) is 29.3 Å². The van der Waals surface area contributed by atoms with Crippen LogP contribution >= 0.6 is 0 Å². The van der Waals surface area contributed by atoms with E-state index in [0.717, 1.165) is 0 Å². The minimum atomic E-state index is -3.59. The molecule has 0 radical (unpaired) electrons. The van der Waals surface area contributed by atoms with Gasteiger partial charge in [0.25, 0.3) is 21.6 Å². The van der Waals surface area contributed by atoms with Gasteiger partial charge in [-0.05, 0) is 31.2 Å². The van der Waals surface area contributed by atoms with Crippen LogP contribution in [0.15, 0.2) is 52.4 Å². The lowest BCUT2D eigenvalue weighted by molar-refractivity contribution is -0.385. The van der Waals surface area contributed by atoms with Crippen molar-refractivity contribution in [3.05, 3.63) is 69.3 Å². The van der Waals surface area contributed by atoms with Gasteiger partial charge in [-0.2, -0.15) is 0 Å². The van der Waals surface area contributed by atoms with E-state index in [0.29, 0.717) is 16.7 Å². The Labute approximate surface area is 155 Å². The van der Waals surface area contributed by atoms with Gasteiger partial charge >= 0.3 is 0 Å². The highest BCUT2D eigenvalue weighted by molar-refractivity contribution is 7.90. The van der Waals surface area contributed by atoms with Crippen molar-refractivity contribution in [2.45, 2.75) is 11.8 Å². The third-order valence-electron chi connectivity index (χ3n) is 3.99. The smallest absolute Gasteiger partial charge is 0.272 e. The van der Waals surface area contributed by atoms with Crippen molar-refractivity contribution in [1.29, 1.82) is 0 Å². The Morgan fingerprint density at radius 2 is 2.00 bits per heavy atom. The molecule has 2 aromatic rings. The molecule has 10 heteroatoms. The molecule has 1 heterocycles. The average molecular weight is 388 g/mol. The monoisotopic (exact) mass is 388 g/mol. The topological polar surface area (TPSA) is 131 Å². The lowest BCUT2D eigenvalue weighted by atomic mass is 10.1. The summed E-state index contributed by atoms with van der Waals surface area (Å²) in [5.41, 5.74) is 1.14. The molecule has 27 heavy (non-hydrogen) atoms. The first-order valence-electron chi connectivity index (χ1n) is 7.99. The van der Waals surface area contributed by atoms with Crippen LogP contribution in [0.2, 0.25) is 0 Å². The second-order valence-corrected chi connectivity index (χ2v) is 7.50. The van der Waals surface area contributed by atoms with Crippen molar-refractivity contribution >= 4 is 27.5 Å². The summed E-state index contributed by atoms with van der Waals surface area (Å²) in [5.74, 6) is -0.147. The standard InChI is InChI=1S/C17H16N4O5S/c1-11-10-12(6-7-14(11)21(23)24)17(22)19-9-8-18-16-13-4-2-3-5-15(13)27(25,26)20-16/h2-7,10H,8-9H2,1H3,(H,18,20)(H,19,22). The summed E-state index contributed by atoms with van der Waals surface area (Å²) < 4.78 is 26.4. The van der Waals surface area contributed by atoms with E-state index < -0.39 is 14.9 Å². The molecule has 0 unspecified atom stereocenters. The van der Waals surface area contributed by atoms with Gasteiger partial charge in [0.2, 0.25) is 0 Å². The number of benzene rings is 2. The number of sulfonamides is 1. The van der Waals surface area contributed by atoms with Crippen molar-refractivity contribution < 1.29 is 18.1 Å². The highest BCUT2D eigenvalue weighted by Gasteiger charge is 2.29. The predicted octanol–water partition coefficient (Wildman–Crippen LogP) is 1.37. The molecule has 1 aliphatic heterocycles. The van der Waals surface area contributed by atoms with Crippen molar-refractivity contribution in [3.63, 3.8) is 0 Å². The highest BCUT2D eigenvalue weighted by atomic mass is 32.2. The van der Waals surface area contributed by atoms with Crippen molar-refractivity contribution in [2.24, 2.45) is 4.99 Å². The Bertz CT molecular complexity index is 1060. The minimum absolute atomic E-state index is 0.0508. The Morgan fingerprint density at radius 1 is 1.26 bits per heavy atom. The van der Waals surface area contributed by atoms with Gasteiger partial charge < -0.3 is 5.32 Å².